The highest BCUT2D eigenvalue weighted by Gasteiger charge is 2.17. The highest BCUT2D eigenvalue weighted by molar-refractivity contribution is 14.2. The fourth-order valence-corrected chi connectivity index (χ4v) is 1.22. The van der Waals surface area contributed by atoms with Crippen LogP contribution in [0, 0.1) is 0 Å². The second-order valence-corrected chi connectivity index (χ2v) is 7.38. The Kier molecular flexibility index (Phi) is 2.31. The van der Waals surface area contributed by atoms with Crippen molar-refractivity contribution in [1.82, 2.24) is 0 Å². The molecule has 0 aromatic heterocycles. The summed E-state index contributed by atoms with van der Waals surface area (Å²) in [5.41, 5.74) is 0. The van der Waals surface area contributed by atoms with Crippen LogP contribution in [0.1, 0.15) is 0 Å². The molecule has 0 aromatic carbocycles. The summed E-state index contributed by atoms with van der Waals surface area (Å²) in [6.45, 7) is 0. The number of carbonyl (C=O) groups excluding carboxylic acids is 1. The first-order chi connectivity index (χ1) is 4.10. The minimum Gasteiger partial charge on any atom is -0.290 e. The molecule has 0 atom stereocenters. The molecule has 3 heteroatoms. The van der Waals surface area contributed by atoms with Crippen molar-refractivity contribution in [3.8, 4) is 0 Å². The zero-order chi connectivity index (χ0) is 6.91. The molecule has 0 spiro atoms. The molecule has 48 valence electrons. The van der Waals surface area contributed by atoms with Gasteiger partial charge in [0.25, 0.3) is 0 Å². The van der Waals surface area contributed by atoms with E-state index in [0.717, 1.165) is 0 Å². The van der Waals surface area contributed by atoms with E-state index in [4.69, 9.17) is 0 Å². The number of carbonyl (C=O) groups is 1. The zero-order valence-electron chi connectivity index (χ0n) is 4.47. The molecule has 1 aliphatic rings. The smallest absolute Gasteiger partial charge is 0.178 e. The fraction of sp³-hybridized carbons (Fsp3) is 0.167. The lowest BCUT2D eigenvalue weighted by molar-refractivity contribution is -0.110. The third-order valence-corrected chi connectivity index (χ3v) is 2.38. The molecular weight excluding hydrogens is 342 g/mol. The van der Waals surface area contributed by atoms with E-state index in [1.807, 2.05) is 12.2 Å². The maximum atomic E-state index is 10.6. The fourth-order valence-electron chi connectivity index (χ4n) is 0.498. The van der Waals surface area contributed by atoms with E-state index in [1.54, 1.807) is 12.2 Å². The zero-order valence-corrected chi connectivity index (χ0v) is 8.79. The quantitative estimate of drug-likeness (QED) is 0.486. The summed E-state index contributed by atoms with van der Waals surface area (Å²) in [5.74, 6) is 0.0824. The molecule has 0 aromatic rings. The highest BCUT2D eigenvalue weighted by Crippen LogP contribution is 2.32. The number of rotatable bonds is 0. The number of ketones is 1. The van der Waals surface area contributed by atoms with Crippen molar-refractivity contribution in [2.24, 2.45) is 0 Å². The van der Waals surface area contributed by atoms with Crippen LogP contribution in [0.4, 0.5) is 0 Å². The Balaban J connectivity index is 2.82. The maximum absolute atomic E-state index is 10.6. The van der Waals surface area contributed by atoms with Crippen LogP contribution in [0.5, 0.6) is 0 Å². The van der Waals surface area contributed by atoms with E-state index in [1.165, 1.54) is 0 Å². The predicted molar refractivity (Wildman–Crippen MR) is 54.1 cm³/mol. The summed E-state index contributed by atoms with van der Waals surface area (Å²) in [4.78, 5) is 10.6. The van der Waals surface area contributed by atoms with Crippen LogP contribution in [0.3, 0.4) is 0 Å². The van der Waals surface area contributed by atoms with Crippen molar-refractivity contribution in [2.75, 3.05) is 0 Å². The van der Waals surface area contributed by atoms with Gasteiger partial charge < -0.3 is 0 Å². The predicted octanol–water partition coefficient (Wildman–Crippen LogP) is 2.25. The molecule has 0 saturated carbocycles. The minimum absolute atomic E-state index is 0.0173. The Morgan fingerprint density at radius 1 is 1.22 bits per heavy atom. The molecule has 0 radical (unpaired) electrons. The molecule has 0 heterocycles. The largest absolute Gasteiger partial charge is 0.290 e. The number of allylic oxidation sites excluding steroid dienone is 4. The third kappa shape index (κ3) is 2.37. The Morgan fingerprint density at radius 3 is 2.00 bits per heavy atom. The lowest BCUT2D eigenvalue weighted by Crippen LogP contribution is -2.07. The monoisotopic (exact) mass is 346 g/mol. The summed E-state index contributed by atoms with van der Waals surface area (Å²) in [6.07, 6.45) is 6.96. The van der Waals surface area contributed by atoms with Crippen LogP contribution in [0.2, 0.25) is 0 Å². The van der Waals surface area contributed by atoms with Crippen LogP contribution < -0.4 is 0 Å². The summed E-state index contributed by atoms with van der Waals surface area (Å²) in [5, 5.41) is 0. The van der Waals surface area contributed by atoms with Crippen molar-refractivity contribution in [3.63, 3.8) is 0 Å². The highest BCUT2D eigenvalue weighted by atomic mass is 127. The maximum Gasteiger partial charge on any atom is 0.178 e. The van der Waals surface area contributed by atoms with Crippen LogP contribution in [-0.4, -0.2) is 7.21 Å². The molecular formula is C6H4I2O. The molecule has 0 amide bonds. The Labute approximate surface area is 80.9 Å². The first-order valence-corrected chi connectivity index (χ1v) is 4.56. The molecule has 0 unspecified atom stereocenters. The van der Waals surface area contributed by atoms with E-state index in [9.17, 15) is 4.79 Å². The molecule has 9 heavy (non-hydrogen) atoms. The van der Waals surface area contributed by atoms with E-state index in [2.05, 4.69) is 45.2 Å². The Hall–Kier alpha value is 0.610. The number of hydrogen-bond acceptors (Lipinski definition) is 1. The summed E-state index contributed by atoms with van der Waals surface area (Å²) < 4.78 is 0.0173. The topological polar surface area (TPSA) is 17.1 Å². The summed E-state index contributed by atoms with van der Waals surface area (Å²) in [7, 11) is 0. The Bertz CT molecular complexity index is 173. The van der Waals surface area contributed by atoms with Gasteiger partial charge in [0.1, 0.15) is 1.43 Å². The van der Waals surface area contributed by atoms with Gasteiger partial charge in [-0.1, -0.05) is 57.3 Å². The van der Waals surface area contributed by atoms with E-state index in [-0.39, 0.29) is 7.21 Å². The van der Waals surface area contributed by atoms with Gasteiger partial charge in [-0.2, -0.15) is 0 Å². The van der Waals surface area contributed by atoms with Gasteiger partial charge in [-0.05, 0) is 12.2 Å². The average Bonchev–Trinajstić information content (AvgIpc) is 1.78. The molecule has 0 saturated heterocycles. The van der Waals surface area contributed by atoms with Gasteiger partial charge in [-0.3, -0.25) is 4.79 Å². The summed E-state index contributed by atoms with van der Waals surface area (Å²) in [6, 6.07) is 0. The lowest BCUT2D eigenvalue weighted by atomic mass is 10.2. The molecule has 1 rings (SSSR count). The summed E-state index contributed by atoms with van der Waals surface area (Å²) >= 11 is 4.52. The van der Waals surface area contributed by atoms with Crippen LogP contribution in [0.25, 0.3) is 0 Å². The van der Waals surface area contributed by atoms with E-state index < -0.39 is 0 Å². The van der Waals surface area contributed by atoms with Crippen molar-refractivity contribution >= 4 is 51.0 Å². The van der Waals surface area contributed by atoms with Crippen molar-refractivity contribution in [3.05, 3.63) is 24.3 Å². The molecule has 0 aliphatic heterocycles. The van der Waals surface area contributed by atoms with Gasteiger partial charge >= 0.3 is 0 Å². The first-order valence-electron chi connectivity index (χ1n) is 2.40. The molecule has 0 bridgehead atoms. The van der Waals surface area contributed by atoms with E-state index >= 15 is 0 Å². The van der Waals surface area contributed by atoms with Crippen LogP contribution in [-0.2, 0) is 4.79 Å². The first kappa shape index (κ1) is 7.71. The van der Waals surface area contributed by atoms with Gasteiger partial charge in [0, 0.05) is 0 Å². The number of halogens is 2. The van der Waals surface area contributed by atoms with E-state index in [0.29, 0.717) is 0 Å². The Morgan fingerprint density at radius 2 is 1.67 bits per heavy atom. The van der Waals surface area contributed by atoms with Gasteiger partial charge in [0.2, 0.25) is 0 Å². The average molecular weight is 346 g/mol. The normalized spacial score (nSPS) is 22.7. The number of alkyl halides is 2. The van der Waals surface area contributed by atoms with Gasteiger partial charge in [0.05, 0.1) is 0 Å². The third-order valence-electron chi connectivity index (χ3n) is 0.940. The molecule has 1 nitrogen and oxygen atoms in total. The van der Waals surface area contributed by atoms with Gasteiger partial charge in [-0.25, -0.2) is 0 Å². The van der Waals surface area contributed by atoms with Crippen LogP contribution in [0.15, 0.2) is 24.3 Å². The van der Waals surface area contributed by atoms with Crippen molar-refractivity contribution < 1.29 is 4.79 Å². The second kappa shape index (κ2) is 2.69. The van der Waals surface area contributed by atoms with Gasteiger partial charge in [0.15, 0.2) is 5.78 Å². The SMILES string of the molecule is O=C1C=CC(I)(I)C=C1. The second-order valence-electron chi connectivity index (χ2n) is 1.74. The van der Waals surface area contributed by atoms with Crippen molar-refractivity contribution in [1.29, 1.82) is 0 Å². The molecule has 1 aliphatic carbocycles. The number of hydrogen-bond donors (Lipinski definition) is 0. The van der Waals surface area contributed by atoms with Crippen molar-refractivity contribution in [2.45, 2.75) is 1.43 Å². The van der Waals surface area contributed by atoms with Crippen LogP contribution >= 0.6 is 45.2 Å². The van der Waals surface area contributed by atoms with Gasteiger partial charge in [-0.15, -0.1) is 0 Å². The molecule has 0 N–H and O–H groups in total. The lowest BCUT2D eigenvalue weighted by Gasteiger charge is -2.11. The molecule has 0 fully saturated rings. The minimum atomic E-state index is 0.0173. The standard InChI is InChI=1S/C6H4I2O/c7-6(8)3-1-5(9)2-4-6/h1-4H.